The highest BCUT2D eigenvalue weighted by molar-refractivity contribution is 9.10. The van der Waals surface area contributed by atoms with Crippen molar-refractivity contribution < 1.29 is 14.7 Å². The molecule has 2 aromatic rings. The number of rotatable bonds is 3. The van der Waals surface area contributed by atoms with E-state index in [1.807, 2.05) is 24.3 Å². The molecule has 0 saturated heterocycles. The van der Waals surface area contributed by atoms with Crippen molar-refractivity contribution in [3.8, 4) is 0 Å². The first kappa shape index (κ1) is 14.5. The maximum Gasteiger partial charge on any atom is 0.201 e. The minimum absolute atomic E-state index is 0.172. The quantitative estimate of drug-likeness (QED) is 0.663. The van der Waals surface area contributed by atoms with Gasteiger partial charge in [0.25, 0.3) is 0 Å². The molecule has 0 bridgehead atoms. The lowest BCUT2D eigenvalue weighted by Gasteiger charge is -1.97. The average molecular weight is 355 g/mol. The van der Waals surface area contributed by atoms with E-state index in [9.17, 15) is 14.7 Å². The third kappa shape index (κ3) is 2.53. The van der Waals surface area contributed by atoms with E-state index >= 15 is 0 Å². The fourth-order valence-electron chi connectivity index (χ4n) is 2.32. The number of benzene rings is 2. The average Bonchev–Trinajstić information content (AvgIpc) is 2.79. The lowest BCUT2D eigenvalue weighted by Crippen LogP contribution is -2.08. The van der Waals surface area contributed by atoms with Crippen LogP contribution in [0.3, 0.4) is 0 Å². The summed E-state index contributed by atoms with van der Waals surface area (Å²) in [5.41, 5.74) is 1.43. The molecule has 108 valence electrons. The number of hydrogen-bond donors (Lipinski definition) is 1. The van der Waals surface area contributed by atoms with Gasteiger partial charge in [0.15, 0.2) is 5.78 Å². The lowest BCUT2D eigenvalue weighted by molar-refractivity contribution is -0.110. The van der Waals surface area contributed by atoms with Crippen LogP contribution in [0, 0.1) is 0 Å². The number of hydrogen-bond acceptors (Lipinski definition) is 3. The Hall–Kier alpha value is -2.46. The Morgan fingerprint density at radius 1 is 1.00 bits per heavy atom. The van der Waals surface area contributed by atoms with Crippen molar-refractivity contribution in [1.29, 1.82) is 0 Å². The summed E-state index contributed by atoms with van der Waals surface area (Å²) in [5, 5.41) is 10.1. The third-order valence-electron chi connectivity index (χ3n) is 3.43. The van der Waals surface area contributed by atoms with Crippen LogP contribution in [0.1, 0.15) is 21.5 Å². The Balaban J connectivity index is 1.89. The van der Waals surface area contributed by atoms with E-state index in [0.717, 1.165) is 10.0 Å². The molecule has 0 amide bonds. The molecule has 1 aliphatic carbocycles. The first-order valence-electron chi connectivity index (χ1n) is 6.63. The zero-order chi connectivity index (χ0) is 15.7. The van der Waals surface area contributed by atoms with E-state index in [4.69, 9.17) is 0 Å². The number of ketones is 2. The van der Waals surface area contributed by atoms with E-state index in [0.29, 0.717) is 11.1 Å². The first-order chi connectivity index (χ1) is 10.6. The maximum atomic E-state index is 12.2. The summed E-state index contributed by atoms with van der Waals surface area (Å²) < 4.78 is 0.942. The molecule has 0 unspecified atom stereocenters. The third-order valence-corrected chi connectivity index (χ3v) is 3.96. The highest BCUT2D eigenvalue weighted by atomic mass is 79.9. The molecule has 3 rings (SSSR count). The van der Waals surface area contributed by atoms with E-state index in [2.05, 4.69) is 15.9 Å². The monoisotopic (exact) mass is 354 g/mol. The van der Waals surface area contributed by atoms with Crippen LogP contribution in [0.5, 0.6) is 0 Å². The summed E-state index contributed by atoms with van der Waals surface area (Å²) in [4.78, 5) is 24.5. The van der Waals surface area contributed by atoms with Crippen LogP contribution in [0.25, 0.3) is 11.8 Å². The highest BCUT2D eigenvalue weighted by Gasteiger charge is 2.32. The number of Topliss-reactive ketones (excluding diaryl/α,β-unsaturated/α-hetero) is 1. The van der Waals surface area contributed by atoms with Gasteiger partial charge in [0, 0.05) is 15.6 Å². The van der Waals surface area contributed by atoms with Crippen molar-refractivity contribution in [2.45, 2.75) is 0 Å². The topological polar surface area (TPSA) is 54.4 Å². The molecule has 0 saturated carbocycles. The minimum atomic E-state index is -0.499. The van der Waals surface area contributed by atoms with E-state index in [1.165, 1.54) is 6.08 Å². The molecule has 4 heteroatoms. The summed E-state index contributed by atoms with van der Waals surface area (Å²) in [6.07, 6.45) is 2.92. The lowest BCUT2D eigenvalue weighted by atomic mass is 10.1. The molecule has 1 aliphatic rings. The largest absolute Gasteiger partial charge is 0.506 e. The van der Waals surface area contributed by atoms with Crippen molar-refractivity contribution in [1.82, 2.24) is 0 Å². The molecule has 22 heavy (non-hydrogen) atoms. The number of aliphatic hydroxyl groups is 1. The van der Waals surface area contributed by atoms with Gasteiger partial charge < -0.3 is 5.11 Å². The second kappa shape index (κ2) is 5.73. The van der Waals surface area contributed by atoms with E-state index in [-0.39, 0.29) is 11.3 Å². The molecule has 0 spiro atoms. The predicted molar refractivity (Wildman–Crippen MR) is 88.5 cm³/mol. The predicted octanol–water partition coefficient (Wildman–Crippen LogP) is 4.20. The minimum Gasteiger partial charge on any atom is -0.506 e. The van der Waals surface area contributed by atoms with Crippen molar-refractivity contribution in [2.24, 2.45) is 0 Å². The Bertz CT molecular complexity index is 830. The summed E-state index contributed by atoms with van der Waals surface area (Å²) >= 11 is 3.34. The highest BCUT2D eigenvalue weighted by Crippen LogP contribution is 2.31. The van der Waals surface area contributed by atoms with Crippen LogP contribution < -0.4 is 0 Å². The molecule has 0 radical (unpaired) electrons. The van der Waals surface area contributed by atoms with Gasteiger partial charge in [-0.3, -0.25) is 9.59 Å². The second-order valence-corrected chi connectivity index (χ2v) is 5.76. The van der Waals surface area contributed by atoms with Gasteiger partial charge in [-0.15, -0.1) is 0 Å². The summed E-state index contributed by atoms with van der Waals surface area (Å²) in [6, 6.07) is 14.0. The van der Waals surface area contributed by atoms with Crippen LogP contribution in [-0.4, -0.2) is 16.7 Å². The molecule has 0 aromatic heterocycles. The molecular formula is C18H11BrO3. The first-order valence-corrected chi connectivity index (χ1v) is 7.42. The molecule has 0 heterocycles. The smallest absolute Gasteiger partial charge is 0.201 e. The molecule has 1 N–H and O–H groups in total. The van der Waals surface area contributed by atoms with Gasteiger partial charge >= 0.3 is 0 Å². The number of fused-ring (bicyclic) bond motifs is 1. The molecule has 3 nitrogen and oxygen atoms in total. The van der Waals surface area contributed by atoms with Crippen molar-refractivity contribution >= 4 is 39.3 Å². The van der Waals surface area contributed by atoms with Crippen LogP contribution in [0.4, 0.5) is 0 Å². The zero-order valence-electron chi connectivity index (χ0n) is 11.4. The van der Waals surface area contributed by atoms with Gasteiger partial charge in [-0.25, -0.2) is 0 Å². The van der Waals surface area contributed by atoms with Gasteiger partial charge in [0.05, 0.1) is 0 Å². The normalized spacial score (nSPS) is 13.8. The number of carbonyl (C=O) groups is 2. The van der Waals surface area contributed by atoms with Gasteiger partial charge in [0.2, 0.25) is 5.78 Å². The van der Waals surface area contributed by atoms with Crippen LogP contribution in [0.15, 0.2) is 64.7 Å². The zero-order valence-corrected chi connectivity index (χ0v) is 13.0. The van der Waals surface area contributed by atoms with Gasteiger partial charge in [-0.2, -0.15) is 0 Å². The Morgan fingerprint density at radius 3 is 2.27 bits per heavy atom. The van der Waals surface area contributed by atoms with Crippen molar-refractivity contribution in [2.75, 3.05) is 0 Å². The van der Waals surface area contributed by atoms with Gasteiger partial charge in [-0.05, 0) is 23.8 Å². The summed E-state index contributed by atoms with van der Waals surface area (Å²) in [6.45, 7) is 0. The summed E-state index contributed by atoms with van der Waals surface area (Å²) in [5.74, 6) is -1.17. The SMILES string of the molecule is O=C(/C=C/c1ccc(Br)cc1)C1=C(O)c2ccccc2C1=O. The Morgan fingerprint density at radius 2 is 1.64 bits per heavy atom. The molecule has 0 aliphatic heterocycles. The van der Waals surface area contributed by atoms with Crippen LogP contribution >= 0.6 is 15.9 Å². The van der Waals surface area contributed by atoms with Crippen molar-refractivity contribution in [3.05, 3.63) is 81.3 Å². The Kier molecular flexibility index (Phi) is 3.77. The Labute approximate surface area is 135 Å². The van der Waals surface area contributed by atoms with Gasteiger partial charge in [-0.1, -0.05) is 58.4 Å². The molecular weight excluding hydrogens is 344 g/mol. The number of aliphatic hydroxyl groups excluding tert-OH is 1. The van der Waals surface area contributed by atoms with E-state index < -0.39 is 11.6 Å². The molecule has 0 fully saturated rings. The van der Waals surface area contributed by atoms with E-state index in [1.54, 1.807) is 30.3 Å². The van der Waals surface area contributed by atoms with Crippen molar-refractivity contribution in [3.63, 3.8) is 0 Å². The van der Waals surface area contributed by atoms with Gasteiger partial charge in [0.1, 0.15) is 11.3 Å². The standard InChI is InChI=1S/C18H11BrO3/c19-12-8-5-11(6-9-12)7-10-15(20)16-17(21)13-3-1-2-4-14(13)18(16)22/h1-10,21H/b10-7+. The number of carbonyl (C=O) groups excluding carboxylic acids is 2. The number of halogens is 1. The fourth-order valence-corrected chi connectivity index (χ4v) is 2.59. The fraction of sp³-hybridized carbons (Fsp3) is 0. The van der Waals surface area contributed by atoms with Crippen LogP contribution in [0.2, 0.25) is 0 Å². The number of allylic oxidation sites excluding steroid dienone is 2. The molecule has 2 aromatic carbocycles. The second-order valence-electron chi connectivity index (χ2n) is 4.85. The molecule has 0 atom stereocenters. The maximum absolute atomic E-state index is 12.2. The van der Waals surface area contributed by atoms with Crippen LogP contribution in [-0.2, 0) is 4.79 Å². The summed E-state index contributed by atoms with van der Waals surface area (Å²) in [7, 11) is 0.